The lowest BCUT2D eigenvalue weighted by Crippen LogP contribution is -2.32. The molecule has 0 aliphatic heterocycles. The Morgan fingerprint density at radius 2 is 1.81 bits per heavy atom. The van der Waals surface area contributed by atoms with Crippen molar-refractivity contribution in [3.05, 3.63) is 23.8 Å². The van der Waals surface area contributed by atoms with Gasteiger partial charge in [-0.25, -0.2) is 0 Å². The van der Waals surface area contributed by atoms with Crippen molar-refractivity contribution >= 4 is 11.9 Å². The van der Waals surface area contributed by atoms with Crippen LogP contribution in [0.5, 0.6) is 11.5 Å². The first kappa shape index (κ1) is 19.5. The van der Waals surface area contributed by atoms with Crippen molar-refractivity contribution in [1.82, 2.24) is 5.32 Å². The van der Waals surface area contributed by atoms with E-state index < -0.39 is 11.9 Å². The summed E-state index contributed by atoms with van der Waals surface area (Å²) in [6, 6.07) is 5.58. The molecule has 1 amide bonds. The Hall–Kier alpha value is -2.24. The molecule has 0 heterocycles. The van der Waals surface area contributed by atoms with Crippen LogP contribution in [-0.2, 0) is 9.59 Å². The third kappa shape index (κ3) is 4.73. The average Bonchev–Trinajstić information content (AvgIpc) is 3.33. The molecule has 1 aromatic rings. The molecule has 2 aliphatic rings. The molecule has 3 rings (SSSR count). The van der Waals surface area contributed by atoms with Crippen LogP contribution >= 0.6 is 0 Å². The van der Waals surface area contributed by atoms with Crippen LogP contribution in [0, 0.1) is 11.8 Å². The molecule has 6 heteroatoms. The van der Waals surface area contributed by atoms with Gasteiger partial charge in [0, 0.05) is 5.92 Å². The Bertz CT molecular complexity index is 683. The summed E-state index contributed by atoms with van der Waals surface area (Å²) in [4.78, 5) is 23.6. The van der Waals surface area contributed by atoms with Crippen molar-refractivity contribution in [3.8, 4) is 11.5 Å². The average molecular weight is 375 g/mol. The zero-order valence-corrected chi connectivity index (χ0v) is 16.1. The van der Waals surface area contributed by atoms with Gasteiger partial charge in [-0.05, 0) is 69.6 Å². The summed E-state index contributed by atoms with van der Waals surface area (Å²) < 4.78 is 11.5. The second-order valence-electron chi connectivity index (χ2n) is 7.71. The first-order chi connectivity index (χ1) is 13.0. The Balaban J connectivity index is 1.61. The first-order valence-electron chi connectivity index (χ1n) is 9.85. The molecule has 0 radical (unpaired) electrons. The van der Waals surface area contributed by atoms with Gasteiger partial charge in [0.2, 0.25) is 5.91 Å². The van der Waals surface area contributed by atoms with Crippen molar-refractivity contribution in [3.63, 3.8) is 0 Å². The zero-order chi connectivity index (χ0) is 19.4. The summed E-state index contributed by atoms with van der Waals surface area (Å²) in [5.41, 5.74) is 0.937. The van der Waals surface area contributed by atoms with Crippen LogP contribution in [0.3, 0.4) is 0 Å². The van der Waals surface area contributed by atoms with Gasteiger partial charge in [-0.1, -0.05) is 6.07 Å². The molecule has 2 N–H and O–H groups in total. The third-order valence-electron chi connectivity index (χ3n) is 5.79. The highest BCUT2D eigenvalue weighted by Gasteiger charge is 2.34. The number of aliphatic carboxylic acids is 1. The van der Waals surface area contributed by atoms with Crippen molar-refractivity contribution in [2.45, 2.75) is 64.0 Å². The Kier molecular flexibility index (Phi) is 6.24. The molecule has 3 atom stereocenters. The van der Waals surface area contributed by atoms with E-state index in [1.54, 1.807) is 7.11 Å². The van der Waals surface area contributed by atoms with Crippen LogP contribution in [0.1, 0.15) is 63.5 Å². The summed E-state index contributed by atoms with van der Waals surface area (Å²) in [5, 5.41) is 12.1. The Morgan fingerprint density at radius 3 is 2.44 bits per heavy atom. The lowest BCUT2D eigenvalue weighted by atomic mass is 10.0. The number of carbonyl (C=O) groups excluding carboxylic acids is 1. The molecule has 148 valence electrons. The SMILES string of the molecule is COc1cc(C(C)NC(=O)[C@@H]2CC[C@H](C(=O)O)C2)ccc1OC1CCCC1. The standard InChI is InChI=1S/C21H29NO5/c1-13(22-20(23)15-7-8-16(11-15)21(24)25)14-9-10-18(19(12-14)26-2)27-17-5-3-4-6-17/h9-10,12-13,15-17H,3-8,11H2,1-2H3,(H,22,23)(H,24,25)/t13?,15-,16+/m1/s1. The summed E-state index contributed by atoms with van der Waals surface area (Å²) in [7, 11) is 1.62. The highest BCUT2D eigenvalue weighted by atomic mass is 16.5. The van der Waals surface area contributed by atoms with Crippen LogP contribution in [-0.4, -0.2) is 30.2 Å². The molecule has 0 bridgehead atoms. The summed E-state index contributed by atoms with van der Waals surface area (Å²) >= 11 is 0. The minimum Gasteiger partial charge on any atom is -0.493 e. The van der Waals surface area contributed by atoms with E-state index in [4.69, 9.17) is 14.6 Å². The first-order valence-corrected chi connectivity index (χ1v) is 9.85. The molecule has 1 unspecified atom stereocenters. The van der Waals surface area contributed by atoms with E-state index in [9.17, 15) is 9.59 Å². The molecule has 0 aromatic heterocycles. The predicted octanol–water partition coefficient (Wildman–Crippen LogP) is 3.69. The summed E-state index contributed by atoms with van der Waals surface area (Å²) in [6.45, 7) is 1.92. The van der Waals surface area contributed by atoms with Gasteiger partial charge in [0.25, 0.3) is 0 Å². The molecule has 0 spiro atoms. The van der Waals surface area contributed by atoms with E-state index in [0.29, 0.717) is 25.0 Å². The van der Waals surface area contributed by atoms with Gasteiger partial charge in [0.15, 0.2) is 11.5 Å². The summed E-state index contributed by atoms with van der Waals surface area (Å²) in [6.07, 6.45) is 6.45. The van der Waals surface area contributed by atoms with Crippen LogP contribution in [0.15, 0.2) is 18.2 Å². The molecule has 2 saturated carbocycles. The van der Waals surface area contributed by atoms with Crippen molar-refractivity contribution in [1.29, 1.82) is 0 Å². The van der Waals surface area contributed by atoms with E-state index in [1.165, 1.54) is 12.8 Å². The molecular weight excluding hydrogens is 346 g/mol. The molecule has 0 saturated heterocycles. The lowest BCUT2D eigenvalue weighted by molar-refractivity contribution is -0.141. The predicted molar refractivity (Wildman–Crippen MR) is 101 cm³/mol. The zero-order valence-electron chi connectivity index (χ0n) is 16.1. The van der Waals surface area contributed by atoms with E-state index in [2.05, 4.69) is 5.32 Å². The number of methoxy groups -OCH3 is 1. The molecular formula is C21H29NO5. The molecule has 1 aromatic carbocycles. The lowest BCUT2D eigenvalue weighted by Gasteiger charge is -2.20. The number of nitrogens with one attached hydrogen (secondary N) is 1. The fourth-order valence-electron chi connectivity index (χ4n) is 4.10. The fourth-order valence-corrected chi connectivity index (χ4v) is 4.10. The number of carboxylic acid groups (broad SMARTS) is 1. The topological polar surface area (TPSA) is 84.9 Å². The smallest absolute Gasteiger partial charge is 0.306 e. The maximum atomic E-state index is 12.5. The number of carbonyl (C=O) groups is 2. The maximum absolute atomic E-state index is 12.5. The van der Waals surface area contributed by atoms with Crippen LogP contribution in [0.25, 0.3) is 0 Å². The molecule has 2 aliphatic carbocycles. The van der Waals surface area contributed by atoms with Gasteiger partial charge in [-0.3, -0.25) is 9.59 Å². The maximum Gasteiger partial charge on any atom is 0.306 e. The second kappa shape index (κ2) is 8.63. The number of carboxylic acids is 1. The normalized spacial score (nSPS) is 23.8. The fraction of sp³-hybridized carbons (Fsp3) is 0.619. The van der Waals surface area contributed by atoms with Crippen LogP contribution in [0.4, 0.5) is 0 Å². The Morgan fingerprint density at radius 1 is 1.11 bits per heavy atom. The Labute approximate surface area is 160 Å². The number of ether oxygens (including phenoxy) is 2. The molecule has 27 heavy (non-hydrogen) atoms. The van der Waals surface area contributed by atoms with Gasteiger partial charge in [-0.2, -0.15) is 0 Å². The van der Waals surface area contributed by atoms with E-state index in [0.717, 1.165) is 24.2 Å². The van der Waals surface area contributed by atoms with Crippen molar-refractivity contribution < 1.29 is 24.2 Å². The number of amides is 1. The number of hydrogen-bond donors (Lipinski definition) is 2. The minimum atomic E-state index is -0.805. The van der Waals surface area contributed by atoms with Gasteiger partial charge < -0.3 is 19.9 Å². The number of benzene rings is 1. The number of rotatable bonds is 7. The van der Waals surface area contributed by atoms with Gasteiger partial charge in [0.1, 0.15) is 0 Å². The quantitative estimate of drug-likeness (QED) is 0.759. The second-order valence-corrected chi connectivity index (χ2v) is 7.71. The molecule has 2 fully saturated rings. The number of hydrogen-bond acceptors (Lipinski definition) is 4. The van der Waals surface area contributed by atoms with Crippen molar-refractivity contribution in [2.24, 2.45) is 11.8 Å². The molecule has 6 nitrogen and oxygen atoms in total. The highest BCUT2D eigenvalue weighted by molar-refractivity contribution is 5.81. The third-order valence-corrected chi connectivity index (χ3v) is 5.79. The van der Waals surface area contributed by atoms with Gasteiger partial charge >= 0.3 is 5.97 Å². The van der Waals surface area contributed by atoms with E-state index in [1.807, 2.05) is 25.1 Å². The van der Waals surface area contributed by atoms with E-state index >= 15 is 0 Å². The van der Waals surface area contributed by atoms with Crippen LogP contribution < -0.4 is 14.8 Å². The highest BCUT2D eigenvalue weighted by Crippen LogP contribution is 2.35. The minimum absolute atomic E-state index is 0.0727. The van der Waals surface area contributed by atoms with Crippen molar-refractivity contribution in [2.75, 3.05) is 7.11 Å². The monoisotopic (exact) mass is 375 g/mol. The van der Waals surface area contributed by atoms with Gasteiger partial charge in [0.05, 0.1) is 25.2 Å². The largest absolute Gasteiger partial charge is 0.493 e. The van der Waals surface area contributed by atoms with E-state index in [-0.39, 0.29) is 24.0 Å². The van der Waals surface area contributed by atoms with Crippen LogP contribution in [0.2, 0.25) is 0 Å². The summed E-state index contributed by atoms with van der Waals surface area (Å²) in [5.74, 6) is -0.0832. The van der Waals surface area contributed by atoms with Gasteiger partial charge in [-0.15, -0.1) is 0 Å².